The molecule has 2 rings (SSSR count). The molecule has 2 aromatic rings. The van der Waals surface area contributed by atoms with Gasteiger partial charge in [-0.25, -0.2) is 4.99 Å². The van der Waals surface area contributed by atoms with Crippen LogP contribution >= 0.6 is 11.3 Å². The van der Waals surface area contributed by atoms with Crippen molar-refractivity contribution in [3.8, 4) is 16.5 Å². The number of benzene rings is 1. The van der Waals surface area contributed by atoms with Gasteiger partial charge in [-0.2, -0.15) is 5.26 Å². The van der Waals surface area contributed by atoms with E-state index < -0.39 is 8.07 Å². The fourth-order valence-corrected chi connectivity index (χ4v) is 6.20. The van der Waals surface area contributed by atoms with Gasteiger partial charge in [-0.05, 0) is 10.8 Å². The summed E-state index contributed by atoms with van der Waals surface area (Å²) in [6, 6.07) is 12.7. The van der Waals surface area contributed by atoms with Crippen molar-refractivity contribution in [1.82, 2.24) is 4.90 Å². The zero-order valence-corrected chi connectivity index (χ0v) is 15.5. The molecular formula is C17H21N3SSi. The van der Waals surface area contributed by atoms with Gasteiger partial charge in [0.25, 0.3) is 0 Å². The van der Waals surface area contributed by atoms with Crippen LogP contribution in [0.1, 0.15) is 5.56 Å². The third-order valence-electron chi connectivity index (χ3n) is 3.19. The Hall–Kier alpha value is -1.90. The monoisotopic (exact) mass is 327 g/mol. The van der Waals surface area contributed by atoms with Crippen LogP contribution in [0.3, 0.4) is 0 Å². The van der Waals surface area contributed by atoms with Gasteiger partial charge in [0.15, 0.2) is 0 Å². The lowest BCUT2D eigenvalue weighted by molar-refractivity contribution is 0.643. The Labute approximate surface area is 137 Å². The highest BCUT2D eigenvalue weighted by molar-refractivity contribution is 7.22. The Bertz CT molecular complexity index is 719. The molecule has 1 aromatic carbocycles. The van der Waals surface area contributed by atoms with Crippen LogP contribution < -0.4 is 5.19 Å². The van der Waals surface area contributed by atoms with Crippen molar-refractivity contribution in [2.75, 3.05) is 14.1 Å². The summed E-state index contributed by atoms with van der Waals surface area (Å²) in [7, 11) is 2.20. The number of nitriles is 1. The van der Waals surface area contributed by atoms with Gasteiger partial charge in [-0.3, -0.25) is 0 Å². The standard InChI is InChI=1S/C17H21N3SSi/c1-20(2)12-19-17-14(11-18)16(22(3,4)5)15(21-17)13-9-7-6-8-10-13/h6-10,12H,1-5H3. The second-order valence-electron chi connectivity index (χ2n) is 6.42. The number of aliphatic imine (C=N–C) groups is 1. The van der Waals surface area contributed by atoms with Crippen LogP contribution in [0.5, 0.6) is 0 Å². The lowest BCUT2D eigenvalue weighted by Crippen LogP contribution is -2.39. The molecule has 1 aromatic heterocycles. The first-order chi connectivity index (χ1) is 10.3. The second-order valence-corrected chi connectivity index (χ2v) is 12.4. The zero-order valence-electron chi connectivity index (χ0n) is 13.7. The fourth-order valence-electron chi connectivity index (χ4n) is 2.29. The van der Waals surface area contributed by atoms with Crippen LogP contribution in [0.2, 0.25) is 19.6 Å². The zero-order chi connectivity index (χ0) is 16.3. The van der Waals surface area contributed by atoms with Crippen LogP contribution in [-0.4, -0.2) is 33.4 Å². The van der Waals surface area contributed by atoms with Crippen molar-refractivity contribution in [3.05, 3.63) is 35.9 Å². The summed E-state index contributed by atoms with van der Waals surface area (Å²) in [5, 5.41) is 11.7. The molecule has 0 saturated heterocycles. The lowest BCUT2D eigenvalue weighted by Gasteiger charge is -2.18. The van der Waals surface area contributed by atoms with Crippen LogP contribution in [-0.2, 0) is 0 Å². The smallest absolute Gasteiger partial charge is 0.136 e. The summed E-state index contributed by atoms with van der Waals surface area (Å²) in [4.78, 5) is 7.60. The molecule has 0 N–H and O–H groups in total. The highest BCUT2D eigenvalue weighted by Crippen LogP contribution is 2.37. The molecule has 0 spiro atoms. The third kappa shape index (κ3) is 3.46. The summed E-state index contributed by atoms with van der Waals surface area (Å²) >= 11 is 1.62. The van der Waals surface area contributed by atoms with E-state index in [4.69, 9.17) is 0 Å². The molecular weight excluding hydrogens is 306 g/mol. The van der Waals surface area contributed by atoms with Gasteiger partial charge in [0.1, 0.15) is 11.1 Å². The SMILES string of the molecule is CN(C)C=Nc1sc(-c2ccccc2)c([Si](C)(C)C)c1C#N. The summed E-state index contributed by atoms with van der Waals surface area (Å²) in [6.45, 7) is 6.84. The van der Waals surface area contributed by atoms with Crippen molar-refractivity contribution < 1.29 is 0 Å². The Morgan fingerprint density at radius 3 is 2.32 bits per heavy atom. The molecule has 0 amide bonds. The minimum absolute atomic E-state index is 0.751. The van der Waals surface area contributed by atoms with Gasteiger partial charge in [0, 0.05) is 19.0 Å². The summed E-state index contributed by atoms with van der Waals surface area (Å²) < 4.78 is 0. The summed E-state index contributed by atoms with van der Waals surface area (Å²) in [5.74, 6) is 0. The number of rotatable bonds is 4. The maximum absolute atomic E-state index is 9.68. The van der Waals surface area contributed by atoms with Crippen molar-refractivity contribution in [3.63, 3.8) is 0 Å². The van der Waals surface area contributed by atoms with Crippen LogP contribution in [0.15, 0.2) is 35.3 Å². The summed E-state index contributed by atoms with van der Waals surface area (Å²) in [6.07, 6.45) is 1.76. The Balaban J connectivity index is 2.71. The van der Waals surface area contributed by atoms with E-state index >= 15 is 0 Å². The first-order valence-corrected chi connectivity index (χ1v) is 11.5. The molecule has 0 aliphatic carbocycles. The molecule has 22 heavy (non-hydrogen) atoms. The van der Waals surface area contributed by atoms with E-state index in [0.29, 0.717) is 0 Å². The van der Waals surface area contributed by atoms with Crippen LogP contribution in [0, 0.1) is 11.3 Å². The number of hydrogen-bond acceptors (Lipinski definition) is 3. The lowest BCUT2D eigenvalue weighted by atomic mass is 10.1. The van der Waals surface area contributed by atoms with Crippen LogP contribution in [0.25, 0.3) is 10.4 Å². The van der Waals surface area contributed by atoms with Gasteiger partial charge in [0.2, 0.25) is 0 Å². The van der Waals surface area contributed by atoms with Crippen molar-refractivity contribution in [2.24, 2.45) is 4.99 Å². The average molecular weight is 328 g/mol. The van der Waals surface area contributed by atoms with Gasteiger partial charge in [0.05, 0.1) is 20.0 Å². The van der Waals surface area contributed by atoms with Gasteiger partial charge < -0.3 is 4.90 Å². The molecule has 3 nitrogen and oxygen atoms in total. The molecule has 0 aliphatic heterocycles. The van der Waals surface area contributed by atoms with E-state index in [1.807, 2.05) is 37.2 Å². The quantitative estimate of drug-likeness (QED) is 0.483. The number of nitrogens with zero attached hydrogens (tertiary/aromatic N) is 3. The largest absolute Gasteiger partial charge is 0.369 e. The Kier molecular flexibility index (Phi) is 4.84. The predicted molar refractivity (Wildman–Crippen MR) is 99.3 cm³/mol. The summed E-state index contributed by atoms with van der Waals surface area (Å²) in [5.41, 5.74) is 1.92. The highest BCUT2D eigenvalue weighted by atomic mass is 32.1. The minimum atomic E-state index is -1.66. The van der Waals surface area contributed by atoms with Gasteiger partial charge in [-0.15, -0.1) is 11.3 Å². The fraction of sp³-hybridized carbons (Fsp3) is 0.294. The third-order valence-corrected chi connectivity index (χ3v) is 6.52. The topological polar surface area (TPSA) is 39.4 Å². The first-order valence-electron chi connectivity index (χ1n) is 7.18. The van der Waals surface area contributed by atoms with Crippen LogP contribution in [0.4, 0.5) is 5.00 Å². The molecule has 0 radical (unpaired) electrons. The van der Waals surface area contributed by atoms with Crippen molar-refractivity contribution >= 4 is 35.9 Å². The maximum Gasteiger partial charge on any atom is 0.136 e. The van der Waals surface area contributed by atoms with Crippen molar-refractivity contribution in [2.45, 2.75) is 19.6 Å². The maximum atomic E-state index is 9.68. The Morgan fingerprint density at radius 2 is 1.82 bits per heavy atom. The molecule has 114 valence electrons. The normalized spacial score (nSPS) is 11.6. The molecule has 5 heteroatoms. The molecule has 0 bridgehead atoms. The van der Waals surface area contributed by atoms with E-state index in [-0.39, 0.29) is 0 Å². The second kappa shape index (κ2) is 6.47. The molecule has 0 fully saturated rings. The molecule has 0 atom stereocenters. The molecule has 0 aliphatic rings. The Morgan fingerprint density at radius 1 is 1.18 bits per heavy atom. The first kappa shape index (κ1) is 16.5. The minimum Gasteiger partial charge on any atom is -0.369 e. The predicted octanol–water partition coefficient (Wildman–Crippen LogP) is 4.05. The van der Waals surface area contributed by atoms with E-state index in [0.717, 1.165) is 10.6 Å². The van der Waals surface area contributed by atoms with E-state index in [1.165, 1.54) is 15.6 Å². The van der Waals surface area contributed by atoms with E-state index in [9.17, 15) is 5.26 Å². The van der Waals surface area contributed by atoms with Gasteiger partial charge >= 0.3 is 0 Å². The number of thiophene rings is 1. The van der Waals surface area contributed by atoms with Gasteiger partial charge in [-0.1, -0.05) is 50.0 Å². The molecule has 0 unspecified atom stereocenters. The van der Waals surface area contributed by atoms with Crippen molar-refractivity contribution in [1.29, 1.82) is 5.26 Å². The highest BCUT2D eigenvalue weighted by Gasteiger charge is 2.29. The number of hydrogen-bond donors (Lipinski definition) is 0. The average Bonchev–Trinajstić information content (AvgIpc) is 2.84. The molecule has 0 saturated carbocycles. The molecule has 1 heterocycles. The van der Waals surface area contributed by atoms with E-state index in [1.54, 1.807) is 17.7 Å². The van der Waals surface area contributed by atoms with E-state index in [2.05, 4.69) is 42.8 Å².